The molecule has 0 aromatic heterocycles. The Morgan fingerprint density at radius 1 is 1.07 bits per heavy atom. The van der Waals surface area contributed by atoms with Crippen LogP contribution in [0.4, 0.5) is 5.69 Å². The zero-order chi connectivity index (χ0) is 19.5. The van der Waals surface area contributed by atoms with Gasteiger partial charge >= 0.3 is 0 Å². The van der Waals surface area contributed by atoms with E-state index in [1.54, 1.807) is 0 Å². The van der Waals surface area contributed by atoms with Gasteiger partial charge in [-0.3, -0.25) is 9.69 Å². The molecule has 0 aliphatic carbocycles. The summed E-state index contributed by atoms with van der Waals surface area (Å²) in [6.45, 7) is 6.72. The van der Waals surface area contributed by atoms with Gasteiger partial charge in [-0.15, -0.1) is 0 Å². The summed E-state index contributed by atoms with van der Waals surface area (Å²) in [6.07, 6.45) is 0. The fourth-order valence-corrected chi connectivity index (χ4v) is 3.75. The number of benzene rings is 2. The summed E-state index contributed by atoms with van der Waals surface area (Å²) in [5.74, 6) is 1.52. The van der Waals surface area contributed by atoms with Gasteiger partial charge in [0.1, 0.15) is 0 Å². The second-order valence-electron chi connectivity index (χ2n) is 7.16. The van der Waals surface area contributed by atoms with Crippen molar-refractivity contribution in [2.24, 2.45) is 0 Å². The summed E-state index contributed by atoms with van der Waals surface area (Å²) in [6, 6.07) is 11.7. The molecule has 7 heteroatoms. The molecule has 2 aromatic rings. The molecule has 2 aliphatic rings. The number of halogens is 1. The molecule has 148 valence electrons. The Kier molecular flexibility index (Phi) is 5.59. The van der Waals surface area contributed by atoms with E-state index in [1.165, 1.54) is 11.3 Å². The van der Waals surface area contributed by atoms with Crippen LogP contribution in [0.25, 0.3) is 0 Å². The molecule has 0 radical (unpaired) electrons. The Hall–Kier alpha value is -2.44. The van der Waals surface area contributed by atoms with E-state index >= 15 is 0 Å². The van der Waals surface area contributed by atoms with Gasteiger partial charge < -0.3 is 19.7 Å². The molecule has 2 heterocycles. The maximum absolute atomic E-state index is 12.3. The number of piperazine rings is 1. The number of nitrogens with zero attached hydrogens (tertiary/aromatic N) is 2. The van der Waals surface area contributed by atoms with Gasteiger partial charge in [0.05, 0.1) is 6.54 Å². The molecule has 1 fully saturated rings. The highest BCUT2D eigenvalue weighted by atomic mass is 35.5. The lowest BCUT2D eigenvalue weighted by molar-refractivity contribution is -0.122. The SMILES string of the molecule is Cc1ccc(Cl)cc1N1CCN(CC(=O)NCc2ccc3c(c2)OCO3)CC1. The Morgan fingerprint density at radius 3 is 2.68 bits per heavy atom. The molecule has 0 saturated carbocycles. The third-order valence-corrected chi connectivity index (χ3v) is 5.41. The summed E-state index contributed by atoms with van der Waals surface area (Å²) >= 11 is 6.15. The van der Waals surface area contributed by atoms with Crippen molar-refractivity contribution >= 4 is 23.2 Å². The number of anilines is 1. The molecule has 28 heavy (non-hydrogen) atoms. The van der Waals surface area contributed by atoms with E-state index in [9.17, 15) is 4.79 Å². The maximum atomic E-state index is 12.3. The number of hydrogen-bond donors (Lipinski definition) is 1. The van der Waals surface area contributed by atoms with Crippen molar-refractivity contribution in [2.45, 2.75) is 13.5 Å². The predicted octanol–water partition coefficient (Wildman–Crippen LogP) is 2.82. The minimum atomic E-state index is 0.0325. The Labute approximate surface area is 170 Å². The number of ether oxygens (including phenoxy) is 2. The molecule has 2 aliphatic heterocycles. The van der Waals surface area contributed by atoms with Crippen molar-refractivity contribution < 1.29 is 14.3 Å². The zero-order valence-corrected chi connectivity index (χ0v) is 16.7. The molecule has 0 unspecified atom stereocenters. The second kappa shape index (κ2) is 8.29. The van der Waals surface area contributed by atoms with Gasteiger partial charge in [-0.1, -0.05) is 23.7 Å². The smallest absolute Gasteiger partial charge is 0.234 e. The van der Waals surface area contributed by atoms with Gasteiger partial charge in [-0.25, -0.2) is 0 Å². The fraction of sp³-hybridized carbons (Fsp3) is 0.381. The summed E-state index contributed by atoms with van der Waals surface area (Å²) in [7, 11) is 0. The van der Waals surface area contributed by atoms with E-state index in [2.05, 4.69) is 22.0 Å². The van der Waals surface area contributed by atoms with Gasteiger partial charge in [0.25, 0.3) is 0 Å². The topological polar surface area (TPSA) is 54.0 Å². The number of carbonyl (C=O) groups excluding carboxylic acids is 1. The summed E-state index contributed by atoms with van der Waals surface area (Å²) < 4.78 is 10.7. The Bertz CT molecular complexity index is 866. The van der Waals surface area contributed by atoms with Crippen LogP contribution in [-0.4, -0.2) is 50.3 Å². The normalized spacial score (nSPS) is 16.3. The molecule has 4 rings (SSSR count). The van der Waals surface area contributed by atoms with E-state index in [-0.39, 0.29) is 12.7 Å². The van der Waals surface area contributed by atoms with E-state index < -0.39 is 0 Å². The quantitative estimate of drug-likeness (QED) is 0.835. The lowest BCUT2D eigenvalue weighted by Crippen LogP contribution is -2.49. The average Bonchev–Trinajstić information content (AvgIpc) is 3.17. The monoisotopic (exact) mass is 401 g/mol. The van der Waals surface area contributed by atoms with Gasteiger partial charge in [0.15, 0.2) is 11.5 Å². The largest absolute Gasteiger partial charge is 0.454 e. The molecular weight excluding hydrogens is 378 g/mol. The van der Waals surface area contributed by atoms with Crippen molar-refractivity contribution in [3.05, 3.63) is 52.5 Å². The van der Waals surface area contributed by atoms with Crippen molar-refractivity contribution in [1.29, 1.82) is 0 Å². The number of amides is 1. The zero-order valence-electron chi connectivity index (χ0n) is 15.9. The molecule has 1 amide bonds. The van der Waals surface area contributed by atoms with Crippen LogP contribution < -0.4 is 19.7 Å². The van der Waals surface area contributed by atoms with E-state index in [0.717, 1.165) is 48.3 Å². The molecule has 0 spiro atoms. The molecule has 0 atom stereocenters. The summed E-state index contributed by atoms with van der Waals surface area (Å²) in [5.41, 5.74) is 3.40. The lowest BCUT2D eigenvalue weighted by atomic mass is 10.1. The highest BCUT2D eigenvalue weighted by molar-refractivity contribution is 6.30. The Balaban J connectivity index is 1.24. The van der Waals surface area contributed by atoms with Gasteiger partial charge in [0, 0.05) is 43.4 Å². The standard InChI is InChI=1S/C21H24ClN3O3/c1-15-2-4-17(22)11-18(15)25-8-6-24(7-9-25)13-21(26)23-12-16-3-5-19-20(10-16)28-14-27-19/h2-5,10-11H,6-9,12-14H2,1H3,(H,23,26). The lowest BCUT2D eigenvalue weighted by Gasteiger charge is -2.36. The predicted molar refractivity (Wildman–Crippen MR) is 109 cm³/mol. The summed E-state index contributed by atoms with van der Waals surface area (Å²) in [5, 5.41) is 3.74. The first-order chi connectivity index (χ1) is 13.6. The van der Waals surface area contributed by atoms with E-state index in [4.69, 9.17) is 21.1 Å². The minimum absolute atomic E-state index is 0.0325. The highest BCUT2D eigenvalue weighted by Crippen LogP contribution is 2.32. The third-order valence-electron chi connectivity index (χ3n) is 5.18. The van der Waals surface area contributed by atoms with Crippen LogP contribution in [-0.2, 0) is 11.3 Å². The number of rotatable bonds is 5. The average molecular weight is 402 g/mol. The van der Waals surface area contributed by atoms with Crippen LogP contribution >= 0.6 is 11.6 Å². The van der Waals surface area contributed by atoms with Gasteiger partial charge in [-0.2, -0.15) is 0 Å². The van der Waals surface area contributed by atoms with Crippen LogP contribution in [0, 0.1) is 6.92 Å². The van der Waals surface area contributed by atoms with Gasteiger partial charge in [0.2, 0.25) is 12.7 Å². The third kappa shape index (κ3) is 4.34. The number of hydrogen-bond acceptors (Lipinski definition) is 5. The molecule has 1 N–H and O–H groups in total. The number of fused-ring (bicyclic) bond motifs is 1. The highest BCUT2D eigenvalue weighted by Gasteiger charge is 2.20. The Morgan fingerprint density at radius 2 is 1.86 bits per heavy atom. The first-order valence-corrected chi connectivity index (χ1v) is 9.85. The molecule has 6 nitrogen and oxygen atoms in total. The fourth-order valence-electron chi connectivity index (χ4n) is 3.58. The molecule has 1 saturated heterocycles. The molecule has 2 aromatic carbocycles. The first kappa shape index (κ1) is 18.9. The van der Waals surface area contributed by atoms with Crippen LogP contribution in [0.3, 0.4) is 0 Å². The van der Waals surface area contributed by atoms with Crippen molar-refractivity contribution in [1.82, 2.24) is 10.2 Å². The van der Waals surface area contributed by atoms with Crippen LogP contribution in [0.5, 0.6) is 11.5 Å². The summed E-state index contributed by atoms with van der Waals surface area (Å²) in [4.78, 5) is 16.9. The van der Waals surface area contributed by atoms with Crippen LogP contribution in [0.1, 0.15) is 11.1 Å². The van der Waals surface area contributed by atoms with Crippen LogP contribution in [0.2, 0.25) is 5.02 Å². The van der Waals surface area contributed by atoms with E-state index in [0.29, 0.717) is 13.1 Å². The number of carbonyl (C=O) groups is 1. The van der Waals surface area contributed by atoms with E-state index in [1.807, 2.05) is 36.4 Å². The van der Waals surface area contributed by atoms with Crippen molar-refractivity contribution in [3.63, 3.8) is 0 Å². The second-order valence-corrected chi connectivity index (χ2v) is 7.59. The molecular formula is C21H24ClN3O3. The maximum Gasteiger partial charge on any atom is 0.234 e. The van der Waals surface area contributed by atoms with Crippen molar-refractivity contribution in [2.75, 3.05) is 44.4 Å². The van der Waals surface area contributed by atoms with Gasteiger partial charge in [-0.05, 0) is 42.3 Å². The number of nitrogens with one attached hydrogen (secondary N) is 1. The number of aryl methyl sites for hydroxylation is 1. The minimum Gasteiger partial charge on any atom is -0.454 e. The first-order valence-electron chi connectivity index (χ1n) is 9.47. The molecule has 0 bridgehead atoms. The van der Waals surface area contributed by atoms with Crippen LogP contribution in [0.15, 0.2) is 36.4 Å². The van der Waals surface area contributed by atoms with Crippen molar-refractivity contribution in [3.8, 4) is 11.5 Å².